The summed E-state index contributed by atoms with van der Waals surface area (Å²) < 4.78 is 12.9. The molecule has 1 fully saturated rings. The van der Waals surface area contributed by atoms with E-state index in [-0.39, 0.29) is 23.3 Å². The predicted molar refractivity (Wildman–Crippen MR) is 71.5 cm³/mol. The van der Waals surface area contributed by atoms with Crippen LogP contribution in [0.3, 0.4) is 0 Å². The molecule has 4 heteroatoms. The highest BCUT2D eigenvalue weighted by molar-refractivity contribution is 5.96. The zero-order valence-corrected chi connectivity index (χ0v) is 11.3. The van der Waals surface area contributed by atoms with Crippen molar-refractivity contribution in [1.82, 2.24) is 5.32 Å². The predicted octanol–water partition coefficient (Wildman–Crippen LogP) is 3.09. The Hall–Kier alpha value is -1.58. The first-order valence-electron chi connectivity index (χ1n) is 6.76. The Morgan fingerprint density at radius 1 is 1.37 bits per heavy atom. The van der Waals surface area contributed by atoms with Gasteiger partial charge < -0.3 is 10.4 Å². The summed E-state index contributed by atoms with van der Waals surface area (Å²) in [6.45, 7) is 4.35. The highest BCUT2D eigenvalue weighted by Crippen LogP contribution is 2.29. The third kappa shape index (κ3) is 3.25. The number of nitrogens with one attached hydrogen (secondary N) is 1. The Kier molecular flexibility index (Phi) is 4.08. The third-order valence-electron chi connectivity index (χ3n) is 3.95. The van der Waals surface area contributed by atoms with Gasteiger partial charge in [0, 0.05) is 12.1 Å². The van der Waals surface area contributed by atoms with Crippen LogP contribution >= 0.6 is 0 Å². The van der Waals surface area contributed by atoms with Gasteiger partial charge in [0.1, 0.15) is 11.6 Å². The van der Waals surface area contributed by atoms with Crippen molar-refractivity contribution >= 4 is 5.91 Å². The minimum absolute atomic E-state index is 0.132. The largest absolute Gasteiger partial charge is 0.507 e. The average Bonchev–Trinajstić information content (AvgIpc) is 2.32. The lowest BCUT2D eigenvalue weighted by Gasteiger charge is -2.33. The molecule has 1 saturated carbocycles. The number of aromatic hydroxyl groups is 1. The van der Waals surface area contributed by atoms with Crippen molar-refractivity contribution in [2.45, 2.75) is 39.2 Å². The third-order valence-corrected chi connectivity index (χ3v) is 3.95. The SMILES string of the molecule is CC1CCC(NC(=O)c2ccc(F)cc2O)C(C)C1. The molecule has 1 aromatic carbocycles. The van der Waals surface area contributed by atoms with Crippen LogP contribution in [0.5, 0.6) is 5.75 Å². The number of hydrogen-bond acceptors (Lipinski definition) is 2. The van der Waals surface area contributed by atoms with Gasteiger partial charge >= 0.3 is 0 Å². The monoisotopic (exact) mass is 265 g/mol. The summed E-state index contributed by atoms with van der Waals surface area (Å²) in [5, 5.41) is 12.5. The molecule has 0 heterocycles. The standard InChI is InChI=1S/C15H20FNO2/c1-9-3-6-13(10(2)7-9)17-15(19)12-5-4-11(16)8-14(12)18/h4-5,8-10,13,18H,3,6-7H2,1-2H3,(H,17,19). The summed E-state index contributed by atoms with van der Waals surface area (Å²) in [6, 6.07) is 3.59. The van der Waals surface area contributed by atoms with Crippen LogP contribution in [0.4, 0.5) is 4.39 Å². The quantitative estimate of drug-likeness (QED) is 0.863. The number of amides is 1. The van der Waals surface area contributed by atoms with E-state index in [4.69, 9.17) is 0 Å². The fraction of sp³-hybridized carbons (Fsp3) is 0.533. The molecule has 3 atom stereocenters. The van der Waals surface area contributed by atoms with Gasteiger partial charge in [-0.1, -0.05) is 13.8 Å². The van der Waals surface area contributed by atoms with Gasteiger partial charge in [-0.15, -0.1) is 0 Å². The van der Waals surface area contributed by atoms with Crippen molar-refractivity contribution in [1.29, 1.82) is 0 Å². The minimum Gasteiger partial charge on any atom is -0.507 e. The first kappa shape index (κ1) is 13.8. The molecule has 1 aromatic rings. The number of carbonyl (C=O) groups is 1. The van der Waals surface area contributed by atoms with E-state index in [1.54, 1.807) is 0 Å². The van der Waals surface area contributed by atoms with Crippen LogP contribution in [0.2, 0.25) is 0 Å². The van der Waals surface area contributed by atoms with Crippen LogP contribution in [0.1, 0.15) is 43.5 Å². The molecule has 0 radical (unpaired) electrons. The molecule has 3 nitrogen and oxygen atoms in total. The molecule has 0 spiro atoms. The summed E-state index contributed by atoms with van der Waals surface area (Å²) in [7, 11) is 0. The topological polar surface area (TPSA) is 49.3 Å². The van der Waals surface area contributed by atoms with E-state index < -0.39 is 5.82 Å². The molecule has 2 rings (SSSR count). The van der Waals surface area contributed by atoms with Crippen molar-refractivity contribution in [2.24, 2.45) is 11.8 Å². The van der Waals surface area contributed by atoms with E-state index in [2.05, 4.69) is 19.2 Å². The number of halogens is 1. The zero-order valence-electron chi connectivity index (χ0n) is 11.3. The number of rotatable bonds is 2. The fourth-order valence-corrected chi connectivity index (χ4v) is 2.82. The second kappa shape index (κ2) is 5.59. The molecule has 0 aliphatic heterocycles. The molecule has 0 saturated heterocycles. The summed E-state index contributed by atoms with van der Waals surface area (Å²) in [5.74, 6) is -0.0650. The van der Waals surface area contributed by atoms with E-state index >= 15 is 0 Å². The van der Waals surface area contributed by atoms with Crippen LogP contribution in [-0.4, -0.2) is 17.1 Å². The van der Waals surface area contributed by atoms with Crippen LogP contribution in [0.25, 0.3) is 0 Å². The van der Waals surface area contributed by atoms with E-state index in [0.717, 1.165) is 25.3 Å². The fourth-order valence-electron chi connectivity index (χ4n) is 2.82. The lowest BCUT2D eigenvalue weighted by molar-refractivity contribution is 0.0897. The number of phenolic OH excluding ortho intramolecular Hbond substituents is 1. The first-order chi connectivity index (χ1) is 8.97. The van der Waals surface area contributed by atoms with E-state index in [1.165, 1.54) is 12.1 Å². The lowest BCUT2D eigenvalue weighted by atomic mass is 9.80. The van der Waals surface area contributed by atoms with Crippen molar-refractivity contribution in [3.63, 3.8) is 0 Å². The summed E-state index contributed by atoms with van der Waals surface area (Å²) in [6.07, 6.45) is 3.15. The number of carbonyl (C=O) groups excluding carboxylic acids is 1. The second-order valence-electron chi connectivity index (χ2n) is 5.64. The molecule has 1 aliphatic rings. The van der Waals surface area contributed by atoms with Gasteiger partial charge in [0.25, 0.3) is 5.91 Å². The molecule has 19 heavy (non-hydrogen) atoms. The Labute approximate surface area is 112 Å². The van der Waals surface area contributed by atoms with Crippen LogP contribution in [0, 0.1) is 17.7 Å². The van der Waals surface area contributed by atoms with Gasteiger partial charge in [-0.25, -0.2) is 4.39 Å². The minimum atomic E-state index is -0.547. The summed E-state index contributed by atoms with van der Waals surface area (Å²) >= 11 is 0. The van der Waals surface area contributed by atoms with E-state index in [1.807, 2.05) is 0 Å². The van der Waals surface area contributed by atoms with Gasteiger partial charge in [-0.05, 0) is 43.2 Å². The number of benzene rings is 1. The number of hydrogen-bond donors (Lipinski definition) is 2. The maximum atomic E-state index is 12.9. The number of phenols is 1. The zero-order chi connectivity index (χ0) is 14.0. The summed E-state index contributed by atoms with van der Waals surface area (Å²) in [5.41, 5.74) is 0.132. The highest BCUT2D eigenvalue weighted by Gasteiger charge is 2.27. The van der Waals surface area contributed by atoms with Gasteiger partial charge in [-0.3, -0.25) is 4.79 Å². The van der Waals surface area contributed by atoms with Crippen LogP contribution < -0.4 is 5.32 Å². The Morgan fingerprint density at radius 2 is 2.11 bits per heavy atom. The van der Waals surface area contributed by atoms with Gasteiger partial charge in [0.15, 0.2) is 0 Å². The van der Waals surface area contributed by atoms with E-state index in [9.17, 15) is 14.3 Å². The maximum absolute atomic E-state index is 12.9. The smallest absolute Gasteiger partial charge is 0.255 e. The lowest BCUT2D eigenvalue weighted by Crippen LogP contribution is -2.42. The Bertz CT molecular complexity index is 475. The van der Waals surface area contributed by atoms with Crippen molar-refractivity contribution in [3.05, 3.63) is 29.6 Å². The molecule has 0 aromatic heterocycles. The van der Waals surface area contributed by atoms with Crippen LogP contribution in [-0.2, 0) is 0 Å². The molecule has 1 aliphatic carbocycles. The molecule has 2 N–H and O–H groups in total. The highest BCUT2D eigenvalue weighted by atomic mass is 19.1. The molecule has 3 unspecified atom stereocenters. The molecule has 104 valence electrons. The Balaban J connectivity index is 2.04. The molecule has 1 amide bonds. The van der Waals surface area contributed by atoms with Gasteiger partial charge in [0.2, 0.25) is 0 Å². The molecular formula is C15H20FNO2. The Morgan fingerprint density at radius 3 is 2.74 bits per heavy atom. The van der Waals surface area contributed by atoms with Gasteiger partial charge in [-0.2, -0.15) is 0 Å². The maximum Gasteiger partial charge on any atom is 0.255 e. The summed E-state index contributed by atoms with van der Waals surface area (Å²) in [4.78, 5) is 12.1. The van der Waals surface area contributed by atoms with Gasteiger partial charge in [0.05, 0.1) is 5.56 Å². The van der Waals surface area contributed by atoms with Crippen molar-refractivity contribution in [2.75, 3.05) is 0 Å². The van der Waals surface area contributed by atoms with Crippen molar-refractivity contribution in [3.8, 4) is 5.75 Å². The second-order valence-corrected chi connectivity index (χ2v) is 5.64. The molecule has 0 bridgehead atoms. The normalized spacial score (nSPS) is 27.0. The average molecular weight is 265 g/mol. The van der Waals surface area contributed by atoms with E-state index in [0.29, 0.717) is 11.8 Å². The molecular weight excluding hydrogens is 245 g/mol. The van der Waals surface area contributed by atoms with Crippen LogP contribution in [0.15, 0.2) is 18.2 Å². The first-order valence-corrected chi connectivity index (χ1v) is 6.76. The van der Waals surface area contributed by atoms with Crippen molar-refractivity contribution < 1.29 is 14.3 Å².